The highest BCUT2D eigenvalue weighted by atomic mass is 16.3. The number of aromatic nitrogens is 5. The van der Waals surface area contributed by atoms with Crippen LogP contribution < -0.4 is 0 Å². The zero-order chi connectivity index (χ0) is 31.6. The maximum atomic E-state index is 6.18. The molecule has 0 aliphatic carbocycles. The lowest BCUT2D eigenvalue weighted by atomic mass is 10.0. The number of benzene rings is 6. The molecule has 0 radical (unpaired) electrons. The molecule has 0 aliphatic heterocycles. The van der Waals surface area contributed by atoms with Gasteiger partial charge >= 0.3 is 0 Å². The molecular weight excluding hydrogens is 590 g/mol. The van der Waals surface area contributed by atoms with E-state index in [0.29, 0.717) is 17.5 Å². The fraction of sp³-hybridized carbons (Fsp3) is 0. The molecule has 0 amide bonds. The first-order valence-corrected chi connectivity index (χ1v) is 15.9. The van der Waals surface area contributed by atoms with Crippen LogP contribution in [-0.2, 0) is 0 Å². The summed E-state index contributed by atoms with van der Waals surface area (Å²) in [6.45, 7) is 0. The second kappa shape index (κ2) is 10.4. The van der Waals surface area contributed by atoms with Crippen molar-refractivity contribution in [1.29, 1.82) is 0 Å². The van der Waals surface area contributed by atoms with Crippen molar-refractivity contribution in [3.8, 4) is 39.9 Å². The molecule has 0 atom stereocenters. The van der Waals surface area contributed by atoms with Crippen LogP contribution in [0.2, 0.25) is 0 Å². The first-order valence-electron chi connectivity index (χ1n) is 15.9. The third-order valence-electron chi connectivity index (χ3n) is 9.13. The lowest BCUT2D eigenvalue weighted by Crippen LogP contribution is -2.01. The van der Waals surface area contributed by atoms with Crippen LogP contribution in [0, 0.1) is 0 Å². The molecule has 6 nitrogen and oxygen atoms in total. The van der Waals surface area contributed by atoms with E-state index < -0.39 is 0 Å². The molecule has 0 fully saturated rings. The summed E-state index contributed by atoms with van der Waals surface area (Å²) >= 11 is 0. The van der Waals surface area contributed by atoms with Gasteiger partial charge in [-0.1, -0.05) is 97.1 Å². The molecule has 10 rings (SSSR count). The number of furan rings is 1. The van der Waals surface area contributed by atoms with E-state index in [1.165, 1.54) is 10.8 Å². The van der Waals surface area contributed by atoms with E-state index in [1.54, 1.807) is 12.4 Å². The van der Waals surface area contributed by atoms with E-state index in [2.05, 4.69) is 131 Å². The Labute approximate surface area is 274 Å². The molecule has 48 heavy (non-hydrogen) atoms. The first kappa shape index (κ1) is 26.5. The molecule has 0 unspecified atom stereocenters. The van der Waals surface area contributed by atoms with Crippen molar-refractivity contribution >= 4 is 54.5 Å². The quantitative estimate of drug-likeness (QED) is 0.197. The Kier molecular flexibility index (Phi) is 5.77. The summed E-state index contributed by atoms with van der Waals surface area (Å²) in [5, 5.41) is 6.65. The third-order valence-corrected chi connectivity index (χ3v) is 9.13. The van der Waals surface area contributed by atoms with Gasteiger partial charge in [0.05, 0.1) is 17.2 Å². The molecule has 0 saturated carbocycles. The normalized spacial score (nSPS) is 11.8. The zero-order valence-electron chi connectivity index (χ0n) is 25.6. The molecule has 0 N–H and O–H groups in total. The summed E-state index contributed by atoms with van der Waals surface area (Å²) in [4.78, 5) is 19.7. The molecule has 6 heteroatoms. The fourth-order valence-electron chi connectivity index (χ4n) is 6.93. The summed E-state index contributed by atoms with van der Waals surface area (Å²) in [5.41, 5.74) is 7.52. The standard InChI is InChI=1S/C42H25N5O/c1-2-10-27-23-29(20-19-26(27)9-1)41-44-40(45-42(46-41)34-15-8-18-37-39(34)33-21-22-43-25-38(33)48-37)28-11-7-12-30(24-28)47-35-16-5-3-13-31(35)32-14-4-6-17-36(32)47/h1-25H. The Morgan fingerprint density at radius 1 is 0.479 bits per heavy atom. The van der Waals surface area contributed by atoms with E-state index in [1.807, 2.05) is 18.2 Å². The molecule has 10 aromatic rings. The van der Waals surface area contributed by atoms with Crippen molar-refractivity contribution in [1.82, 2.24) is 24.5 Å². The number of rotatable bonds is 4. The van der Waals surface area contributed by atoms with Gasteiger partial charge in [0, 0.05) is 50.1 Å². The van der Waals surface area contributed by atoms with Gasteiger partial charge in [-0.05, 0) is 53.2 Å². The van der Waals surface area contributed by atoms with Gasteiger partial charge in [0.25, 0.3) is 0 Å². The summed E-state index contributed by atoms with van der Waals surface area (Å²) in [6, 6.07) is 48.2. The highest BCUT2D eigenvalue weighted by Crippen LogP contribution is 2.37. The second-order valence-electron chi connectivity index (χ2n) is 11.9. The Hall–Kier alpha value is -6.66. The van der Waals surface area contributed by atoms with Crippen molar-refractivity contribution in [2.24, 2.45) is 0 Å². The van der Waals surface area contributed by atoms with Crippen molar-refractivity contribution in [2.45, 2.75) is 0 Å². The monoisotopic (exact) mass is 615 g/mol. The first-order chi connectivity index (χ1) is 23.8. The largest absolute Gasteiger partial charge is 0.454 e. The minimum absolute atomic E-state index is 0.579. The topological polar surface area (TPSA) is 69.6 Å². The van der Waals surface area contributed by atoms with Crippen molar-refractivity contribution in [3.05, 3.63) is 152 Å². The van der Waals surface area contributed by atoms with Crippen LogP contribution in [0.3, 0.4) is 0 Å². The average molecular weight is 616 g/mol. The number of nitrogens with zero attached hydrogens (tertiary/aromatic N) is 5. The van der Waals surface area contributed by atoms with Crippen molar-refractivity contribution < 1.29 is 4.42 Å². The van der Waals surface area contributed by atoms with E-state index >= 15 is 0 Å². The Morgan fingerprint density at radius 2 is 1.17 bits per heavy atom. The minimum Gasteiger partial charge on any atom is -0.454 e. The van der Waals surface area contributed by atoms with E-state index in [0.717, 1.165) is 66.1 Å². The maximum Gasteiger partial charge on any atom is 0.164 e. The summed E-state index contributed by atoms with van der Waals surface area (Å²) in [5.74, 6) is 1.78. The van der Waals surface area contributed by atoms with Crippen LogP contribution in [0.25, 0.3) is 94.4 Å². The number of hydrogen-bond acceptors (Lipinski definition) is 5. The molecule has 0 saturated heterocycles. The highest BCUT2D eigenvalue weighted by Gasteiger charge is 2.19. The van der Waals surface area contributed by atoms with Crippen LogP contribution in [-0.4, -0.2) is 24.5 Å². The molecule has 0 bridgehead atoms. The predicted octanol–water partition coefficient (Wildman–Crippen LogP) is 10.4. The number of hydrogen-bond donors (Lipinski definition) is 0. The van der Waals surface area contributed by atoms with Gasteiger partial charge in [0.15, 0.2) is 23.1 Å². The number of fused-ring (bicyclic) bond motifs is 7. The van der Waals surface area contributed by atoms with Gasteiger partial charge in [-0.15, -0.1) is 0 Å². The average Bonchev–Trinajstić information content (AvgIpc) is 3.71. The Balaban J connectivity index is 1.22. The van der Waals surface area contributed by atoms with Gasteiger partial charge in [-0.25, -0.2) is 15.0 Å². The molecule has 0 spiro atoms. The summed E-state index contributed by atoms with van der Waals surface area (Å²) in [6.07, 6.45) is 3.53. The lowest BCUT2D eigenvalue weighted by Gasteiger charge is -2.12. The van der Waals surface area contributed by atoms with E-state index in [4.69, 9.17) is 19.4 Å². The zero-order valence-corrected chi connectivity index (χ0v) is 25.6. The van der Waals surface area contributed by atoms with Gasteiger partial charge in [0.2, 0.25) is 0 Å². The second-order valence-corrected chi connectivity index (χ2v) is 11.9. The molecule has 4 aromatic heterocycles. The lowest BCUT2D eigenvalue weighted by molar-refractivity contribution is 0.667. The summed E-state index contributed by atoms with van der Waals surface area (Å²) in [7, 11) is 0. The van der Waals surface area contributed by atoms with E-state index in [9.17, 15) is 0 Å². The third kappa shape index (κ3) is 4.13. The highest BCUT2D eigenvalue weighted by molar-refractivity contribution is 6.12. The fourth-order valence-corrected chi connectivity index (χ4v) is 6.93. The van der Waals surface area contributed by atoms with Gasteiger partial charge in [-0.3, -0.25) is 4.98 Å². The maximum absolute atomic E-state index is 6.18. The smallest absolute Gasteiger partial charge is 0.164 e. The van der Waals surface area contributed by atoms with Crippen LogP contribution in [0.15, 0.2) is 156 Å². The number of para-hydroxylation sites is 2. The van der Waals surface area contributed by atoms with Crippen molar-refractivity contribution in [2.75, 3.05) is 0 Å². The Morgan fingerprint density at radius 3 is 1.98 bits per heavy atom. The molecule has 6 aromatic carbocycles. The minimum atomic E-state index is 0.579. The molecular formula is C42H25N5O. The van der Waals surface area contributed by atoms with Crippen LogP contribution in [0.5, 0.6) is 0 Å². The molecule has 0 aliphatic rings. The van der Waals surface area contributed by atoms with Gasteiger partial charge in [-0.2, -0.15) is 0 Å². The van der Waals surface area contributed by atoms with Crippen LogP contribution in [0.4, 0.5) is 0 Å². The van der Waals surface area contributed by atoms with Gasteiger partial charge < -0.3 is 8.98 Å². The van der Waals surface area contributed by atoms with Crippen LogP contribution in [0.1, 0.15) is 0 Å². The van der Waals surface area contributed by atoms with Gasteiger partial charge in [0.1, 0.15) is 5.58 Å². The predicted molar refractivity (Wildman–Crippen MR) is 193 cm³/mol. The number of pyridine rings is 1. The van der Waals surface area contributed by atoms with Crippen molar-refractivity contribution in [3.63, 3.8) is 0 Å². The Bertz CT molecular complexity index is 2810. The summed E-state index contributed by atoms with van der Waals surface area (Å²) < 4.78 is 8.50. The van der Waals surface area contributed by atoms with Crippen LogP contribution >= 0.6 is 0 Å². The molecule has 4 heterocycles. The molecule has 224 valence electrons. The van der Waals surface area contributed by atoms with E-state index in [-0.39, 0.29) is 0 Å². The SMILES string of the molecule is c1cc(-c2nc(-c3ccc4ccccc4c3)nc(-c3cccc4oc5cnccc5c34)n2)cc(-n2c3ccccc3c3ccccc32)c1.